The van der Waals surface area contributed by atoms with Crippen LogP contribution in [-0.4, -0.2) is 48.1 Å². The van der Waals surface area contributed by atoms with Crippen molar-refractivity contribution in [2.75, 3.05) is 25.5 Å². The molecule has 1 fully saturated rings. The minimum atomic E-state index is 0.00875. The van der Waals surface area contributed by atoms with Gasteiger partial charge in [-0.25, -0.2) is 0 Å². The van der Waals surface area contributed by atoms with E-state index < -0.39 is 0 Å². The molecule has 5 heteroatoms. The highest BCUT2D eigenvalue weighted by atomic mass is 16.5. The summed E-state index contributed by atoms with van der Waals surface area (Å²) in [7, 11) is 1.80. The maximum Gasteiger partial charge on any atom is 0.257 e. The molecule has 1 aliphatic rings. The second kappa shape index (κ2) is 5.35. The van der Waals surface area contributed by atoms with E-state index >= 15 is 0 Å². The van der Waals surface area contributed by atoms with Gasteiger partial charge in [-0.15, -0.1) is 0 Å². The molecule has 1 amide bonds. The van der Waals surface area contributed by atoms with Gasteiger partial charge in [0.1, 0.15) is 0 Å². The molecule has 1 aliphatic heterocycles. The number of anilines is 1. The van der Waals surface area contributed by atoms with Crippen molar-refractivity contribution in [3.05, 3.63) is 24.0 Å². The molecule has 0 saturated carbocycles. The highest BCUT2D eigenvalue weighted by Crippen LogP contribution is 2.18. The van der Waals surface area contributed by atoms with Crippen LogP contribution >= 0.6 is 0 Å². The molecular weight excluding hydrogens is 230 g/mol. The summed E-state index contributed by atoms with van der Waals surface area (Å²) in [6, 6.07) is 1.81. The summed E-state index contributed by atoms with van der Waals surface area (Å²) in [5.74, 6) is 0.00875. The number of rotatable bonds is 2. The first-order valence-electron chi connectivity index (χ1n) is 6.18. The van der Waals surface area contributed by atoms with Gasteiger partial charge in [-0.3, -0.25) is 9.78 Å². The third kappa shape index (κ3) is 2.61. The Morgan fingerprint density at radius 2 is 2.11 bits per heavy atom. The number of morpholine rings is 1. The highest BCUT2D eigenvalue weighted by Gasteiger charge is 2.27. The molecular formula is C13H19N3O2. The zero-order valence-corrected chi connectivity index (χ0v) is 11.0. The fourth-order valence-corrected chi connectivity index (χ4v) is 2.30. The fraction of sp³-hybridized carbons (Fsp3) is 0.538. The Balaban J connectivity index is 2.20. The molecule has 98 valence electrons. The van der Waals surface area contributed by atoms with Crippen LogP contribution in [0.15, 0.2) is 18.5 Å². The average molecular weight is 249 g/mol. The van der Waals surface area contributed by atoms with Crippen LogP contribution < -0.4 is 5.32 Å². The van der Waals surface area contributed by atoms with Crippen LogP contribution in [0.1, 0.15) is 24.2 Å². The molecule has 0 bridgehead atoms. The van der Waals surface area contributed by atoms with E-state index in [1.807, 2.05) is 18.7 Å². The van der Waals surface area contributed by atoms with E-state index in [2.05, 4.69) is 10.3 Å². The number of pyridine rings is 1. The van der Waals surface area contributed by atoms with E-state index in [0.29, 0.717) is 18.7 Å². The number of carbonyl (C=O) groups is 1. The second-order valence-corrected chi connectivity index (χ2v) is 4.64. The molecule has 0 aromatic carbocycles. The first-order chi connectivity index (χ1) is 8.61. The third-order valence-corrected chi connectivity index (χ3v) is 3.03. The molecule has 0 aliphatic carbocycles. The lowest BCUT2D eigenvalue weighted by atomic mass is 10.1. The van der Waals surface area contributed by atoms with Crippen molar-refractivity contribution in [3.8, 4) is 0 Å². The van der Waals surface area contributed by atoms with E-state index in [1.54, 1.807) is 25.5 Å². The van der Waals surface area contributed by atoms with Gasteiger partial charge in [-0.1, -0.05) is 0 Å². The van der Waals surface area contributed by atoms with Crippen LogP contribution in [0.25, 0.3) is 0 Å². The summed E-state index contributed by atoms with van der Waals surface area (Å²) >= 11 is 0. The number of aromatic nitrogens is 1. The van der Waals surface area contributed by atoms with Crippen LogP contribution in [0, 0.1) is 0 Å². The Morgan fingerprint density at radius 3 is 2.72 bits per heavy atom. The molecule has 1 N–H and O–H groups in total. The summed E-state index contributed by atoms with van der Waals surface area (Å²) in [6.45, 7) is 5.22. The number of nitrogens with zero attached hydrogens (tertiary/aromatic N) is 2. The van der Waals surface area contributed by atoms with Gasteiger partial charge in [0.25, 0.3) is 5.91 Å². The van der Waals surface area contributed by atoms with Crippen molar-refractivity contribution in [1.82, 2.24) is 9.88 Å². The minimum Gasteiger partial charge on any atom is -0.387 e. The zero-order chi connectivity index (χ0) is 13.1. The van der Waals surface area contributed by atoms with Gasteiger partial charge >= 0.3 is 0 Å². The largest absolute Gasteiger partial charge is 0.387 e. The molecule has 2 heterocycles. The minimum absolute atomic E-state index is 0.00875. The van der Waals surface area contributed by atoms with Crippen molar-refractivity contribution in [3.63, 3.8) is 0 Å². The van der Waals surface area contributed by atoms with E-state index in [1.165, 1.54) is 0 Å². The van der Waals surface area contributed by atoms with Crippen molar-refractivity contribution >= 4 is 11.6 Å². The molecule has 2 rings (SSSR count). The lowest BCUT2D eigenvalue weighted by Crippen LogP contribution is -2.48. The van der Waals surface area contributed by atoms with E-state index in [0.717, 1.165) is 5.69 Å². The average Bonchev–Trinajstić information content (AvgIpc) is 2.36. The molecule has 0 radical (unpaired) electrons. The fourth-order valence-electron chi connectivity index (χ4n) is 2.30. The SMILES string of the molecule is CNc1ccncc1C(=O)N1CC(C)OC(C)C1. The molecule has 5 nitrogen and oxygen atoms in total. The van der Waals surface area contributed by atoms with E-state index in [4.69, 9.17) is 4.74 Å². The number of hydrogen-bond donors (Lipinski definition) is 1. The van der Waals surface area contributed by atoms with E-state index in [9.17, 15) is 4.79 Å². The normalized spacial score (nSPS) is 23.8. The van der Waals surface area contributed by atoms with Gasteiger partial charge in [0.05, 0.1) is 17.8 Å². The molecule has 1 saturated heterocycles. The molecule has 1 aromatic heterocycles. The first kappa shape index (κ1) is 12.8. The Morgan fingerprint density at radius 1 is 1.44 bits per heavy atom. The molecule has 1 aromatic rings. The number of carbonyl (C=O) groups excluding carboxylic acids is 1. The van der Waals surface area contributed by atoms with Crippen LogP contribution in [0.3, 0.4) is 0 Å². The maximum absolute atomic E-state index is 12.5. The molecule has 2 atom stereocenters. The van der Waals surface area contributed by atoms with Crippen LogP contribution in [0.4, 0.5) is 5.69 Å². The molecule has 18 heavy (non-hydrogen) atoms. The lowest BCUT2D eigenvalue weighted by molar-refractivity contribution is -0.0586. The quantitative estimate of drug-likeness (QED) is 0.860. The van der Waals surface area contributed by atoms with Crippen molar-refractivity contribution in [1.29, 1.82) is 0 Å². The second-order valence-electron chi connectivity index (χ2n) is 4.64. The Bertz CT molecular complexity index is 426. The lowest BCUT2D eigenvalue weighted by Gasteiger charge is -2.35. The number of ether oxygens (including phenoxy) is 1. The van der Waals surface area contributed by atoms with Crippen LogP contribution in [0.5, 0.6) is 0 Å². The smallest absolute Gasteiger partial charge is 0.257 e. The number of nitrogens with one attached hydrogen (secondary N) is 1. The van der Waals surface area contributed by atoms with Gasteiger partial charge in [0.2, 0.25) is 0 Å². The maximum atomic E-state index is 12.5. The van der Waals surface area contributed by atoms with Crippen LogP contribution in [0.2, 0.25) is 0 Å². The summed E-state index contributed by atoms with van der Waals surface area (Å²) in [6.07, 6.45) is 3.44. The summed E-state index contributed by atoms with van der Waals surface area (Å²) in [4.78, 5) is 18.3. The predicted molar refractivity (Wildman–Crippen MR) is 69.7 cm³/mol. The van der Waals surface area contributed by atoms with Gasteiger partial charge in [-0.2, -0.15) is 0 Å². The molecule has 0 spiro atoms. The van der Waals surface area contributed by atoms with Gasteiger partial charge in [-0.05, 0) is 19.9 Å². The highest BCUT2D eigenvalue weighted by molar-refractivity contribution is 5.99. The Hall–Kier alpha value is -1.62. The standard InChI is InChI=1S/C13H19N3O2/c1-9-7-16(8-10(2)18-9)13(17)11-6-15-5-4-12(11)14-3/h4-6,9-10H,7-8H2,1-3H3,(H,14,15). The number of amides is 1. The zero-order valence-electron chi connectivity index (χ0n) is 11.0. The number of hydrogen-bond acceptors (Lipinski definition) is 4. The Kier molecular flexibility index (Phi) is 3.81. The summed E-state index contributed by atoms with van der Waals surface area (Å²) in [5, 5.41) is 3.02. The van der Waals surface area contributed by atoms with Crippen molar-refractivity contribution in [2.45, 2.75) is 26.1 Å². The van der Waals surface area contributed by atoms with E-state index in [-0.39, 0.29) is 18.1 Å². The third-order valence-electron chi connectivity index (χ3n) is 3.03. The van der Waals surface area contributed by atoms with Crippen LogP contribution in [-0.2, 0) is 4.74 Å². The monoisotopic (exact) mass is 249 g/mol. The topological polar surface area (TPSA) is 54.5 Å². The Labute approximate surface area is 107 Å². The first-order valence-corrected chi connectivity index (χ1v) is 6.18. The van der Waals surface area contributed by atoms with Gasteiger partial charge in [0, 0.05) is 38.2 Å². The van der Waals surface area contributed by atoms with Gasteiger partial charge in [0.15, 0.2) is 0 Å². The van der Waals surface area contributed by atoms with Crippen molar-refractivity contribution in [2.24, 2.45) is 0 Å². The predicted octanol–water partition coefficient (Wildman–Crippen LogP) is 1.37. The van der Waals surface area contributed by atoms with Crippen molar-refractivity contribution < 1.29 is 9.53 Å². The molecule has 2 unspecified atom stereocenters. The summed E-state index contributed by atoms with van der Waals surface area (Å²) in [5.41, 5.74) is 1.42. The summed E-state index contributed by atoms with van der Waals surface area (Å²) < 4.78 is 5.63. The van der Waals surface area contributed by atoms with Gasteiger partial charge < -0.3 is 15.0 Å².